The number of methoxy groups -OCH3 is 1. The normalized spacial score (nSPS) is 26.8. The van der Waals surface area contributed by atoms with Crippen molar-refractivity contribution in [3.8, 4) is 0 Å². The van der Waals surface area contributed by atoms with Gasteiger partial charge in [0.2, 0.25) is 5.95 Å². The van der Waals surface area contributed by atoms with Crippen molar-refractivity contribution in [2.45, 2.75) is 38.2 Å². The van der Waals surface area contributed by atoms with Crippen LogP contribution in [0.25, 0.3) is 0 Å². The lowest BCUT2D eigenvalue weighted by atomic mass is 9.80. The molecule has 24 heavy (non-hydrogen) atoms. The van der Waals surface area contributed by atoms with Crippen molar-refractivity contribution in [3.63, 3.8) is 0 Å². The molecule has 1 N–H and O–H groups in total. The van der Waals surface area contributed by atoms with Crippen LogP contribution in [0.2, 0.25) is 0 Å². The first-order valence-electron chi connectivity index (χ1n) is 9.11. The molecule has 6 nitrogen and oxygen atoms in total. The number of hydrogen-bond acceptors (Lipinski definition) is 6. The topological polar surface area (TPSA) is 59.5 Å². The van der Waals surface area contributed by atoms with Gasteiger partial charge in [-0.3, -0.25) is 4.90 Å². The van der Waals surface area contributed by atoms with Crippen LogP contribution in [0.3, 0.4) is 0 Å². The minimum Gasteiger partial charge on any atom is -0.383 e. The SMILES string of the molecule is COCCN1CC[C@@]2(COCc3c(C)nc(NCC4CC4)nc32)C1. The van der Waals surface area contributed by atoms with E-state index in [9.17, 15) is 0 Å². The van der Waals surface area contributed by atoms with E-state index in [1.165, 1.54) is 24.1 Å². The van der Waals surface area contributed by atoms with Crippen LogP contribution in [-0.2, 0) is 21.5 Å². The summed E-state index contributed by atoms with van der Waals surface area (Å²) in [4.78, 5) is 12.1. The second-order valence-electron chi connectivity index (χ2n) is 7.58. The quantitative estimate of drug-likeness (QED) is 0.856. The molecule has 6 heteroatoms. The van der Waals surface area contributed by atoms with Crippen LogP contribution in [0.5, 0.6) is 0 Å². The minimum absolute atomic E-state index is 0.0189. The molecule has 0 unspecified atom stereocenters. The van der Waals surface area contributed by atoms with Gasteiger partial charge in [0, 0.05) is 38.0 Å². The number of aryl methyl sites for hydroxylation is 1. The number of nitrogens with one attached hydrogen (secondary N) is 1. The largest absolute Gasteiger partial charge is 0.383 e. The Balaban J connectivity index is 1.58. The highest BCUT2D eigenvalue weighted by molar-refractivity contribution is 5.40. The van der Waals surface area contributed by atoms with Crippen LogP contribution in [0.4, 0.5) is 5.95 Å². The summed E-state index contributed by atoms with van der Waals surface area (Å²) in [7, 11) is 1.76. The number of fused-ring (bicyclic) bond motifs is 2. The van der Waals surface area contributed by atoms with E-state index in [0.717, 1.165) is 63.4 Å². The first kappa shape index (κ1) is 16.2. The molecule has 0 amide bonds. The second kappa shape index (κ2) is 6.58. The van der Waals surface area contributed by atoms with E-state index in [1.54, 1.807) is 7.11 Å². The summed E-state index contributed by atoms with van der Waals surface area (Å²) in [6.45, 7) is 8.34. The number of hydrogen-bond donors (Lipinski definition) is 1. The fraction of sp³-hybridized carbons (Fsp3) is 0.778. The molecule has 0 radical (unpaired) electrons. The second-order valence-corrected chi connectivity index (χ2v) is 7.58. The summed E-state index contributed by atoms with van der Waals surface area (Å²) >= 11 is 0. The summed E-state index contributed by atoms with van der Waals surface area (Å²) in [5.41, 5.74) is 3.50. The molecule has 1 aromatic rings. The Hall–Kier alpha value is -1.24. The van der Waals surface area contributed by atoms with Crippen LogP contribution in [0.15, 0.2) is 0 Å². The summed E-state index contributed by atoms with van der Waals surface area (Å²) < 4.78 is 11.2. The Kier molecular flexibility index (Phi) is 4.45. The van der Waals surface area contributed by atoms with Crippen LogP contribution in [0, 0.1) is 12.8 Å². The van der Waals surface area contributed by atoms with Crippen LogP contribution in [-0.4, -0.2) is 61.4 Å². The van der Waals surface area contributed by atoms with Gasteiger partial charge in [-0.05, 0) is 38.6 Å². The van der Waals surface area contributed by atoms with Crippen LogP contribution < -0.4 is 5.32 Å². The Morgan fingerprint density at radius 2 is 2.25 bits per heavy atom. The van der Waals surface area contributed by atoms with Gasteiger partial charge in [0.05, 0.1) is 30.9 Å². The van der Waals surface area contributed by atoms with Gasteiger partial charge in [-0.1, -0.05) is 0 Å². The Morgan fingerprint density at radius 1 is 1.38 bits per heavy atom. The Labute approximate surface area is 143 Å². The lowest BCUT2D eigenvalue weighted by molar-refractivity contribution is 0.0488. The number of ether oxygens (including phenoxy) is 2. The van der Waals surface area contributed by atoms with E-state index in [2.05, 4.69) is 22.1 Å². The number of likely N-dealkylation sites (tertiary alicyclic amines) is 1. The van der Waals surface area contributed by atoms with Gasteiger partial charge in [0.25, 0.3) is 0 Å². The maximum absolute atomic E-state index is 5.96. The van der Waals surface area contributed by atoms with Gasteiger partial charge in [-0.15, -0.1) is 0 Å². The van der Waals surface area contributed by atoms with E-state index >= 15 is 0 Å². The van der Waals surface area contributed by atoms with E-state index in [4.69, 9.17) is 14.5 Å². The first-order chi connectivity index (χ1) is 11.7. The number of rotatable bonds is 6. The maximum atomic E-state index is 5.96. The summed E-state index contributed by atoms with van der Waals surface area (Å²) in [5, 5.41) is 3.45. The minimum atomic E-state index is 0.0189. The summed E-state index contributed by atoms with van der Waals surface area (Å²) in [5.74, 6) is 1.62. The van der Waals surface area contributed by atoms with Crippen LogP contribution >= 0.6 is 0 Å². The van der Waals surface area contributed by atoms with Crippen molar-refractivity contribution >= 4 is 5.95 Å². The third kappa shape index (κ3) is 3.15. The lowest BCUT2D eigenvalue weighted by Crippen LogP contribution is -2.41. The molecule has 0 aromatic carbocycles. The maximum Gasteiger partial charge on any atom is 0.223 e. The standard InChI is InChI=1S/C18H28N4O2/c1-13-15-10-24-12-18(5-6-22(11-18)7-8-23-2)16(15)21-17(20-13)19-9-14-3-4-14/h14H,3-12H2,1-2H3,(H,19,20,21)/t18-/m0/s1. The number of aromatic nitrogens is 2. The zero-order chi connectivity index (χ0) is 16.6. The van der Waals surface area contributed by atoms with E-state index < -0.39 is 0 Å². The molecule has 2 aliphatic heterocycles. The fourth-order valence-electron chi connectivity index (χ4n) is 3.94. The smallest absolute Gasteiger partial charge is 0.223 e. The third-order valence-corrected chi connectivity index (χ3v) is 5.63. The van der Waals surface area contributed by atoms with Gasteiger partial charge in [-0.2, -0.15) is 0 Å². The average molecular weight is 332 g/mol. The monoisotopic (exact) mass is 332 g/mol. The molecule has 1 aromatic heterocycles. The molecule has 1 aliphatic carbocycles. The van der Waals surface area contributed by atoms with Gasteiger partial charge >= 0.3 is 0 Å². The van der Waals surface area contributed by atoms with E-state index in [1.807, 2.05) is 0 Å². The predicted octanol–water partition coefficient (Wildman–Crippen LogP) is 1.73. The molecule has 2 fully saturated rings. The van der Waals surface area contributed by atoms with Crippen molar-refractivity contribution < 1.29 is 9.47 Å². The van der Waals surface area contributed by atoms with E-state index in [0.29, 0.717) is 6.61 Å². The van der Waals surface area contributed by atoms with Crippen LogP contribution in [0.1, 0.15) is 36.2 Å². The predicted molar refractivity (Wildman–Crippen MR) is 92.2 cm³/mol. The van der Waals surface area contributed by atoms with Gasteiger partial charge in [0.1, 0.15) is 0 Å². The van der Waals surface area contributed by atoms with Crippen molar-refractivity contribution in [2.75, 3.05) is 51.8 Å². The molecular weight excluding hydrogens is 304 g/mol. The molecule has 1 saturated carbocycles. The molecule has 3 aliphatic rings. The molecule has 1 atom stereocenters. The molecular formula is C18H28N4O2. The summed E-state index contributed by atoms with van der Waals surface area (Å²) in [6.07, 6.45) is 3.77. The van der Waals surface area contributed by atoms with Gasteiger partial charge in [0.15, 0.2) is 0 Å². The zero-order valence-electron chi connectivity index (χ0n) is 14.8. The fourth-order valence-corrected chi connectivity index (χ4v) is 3.94. The highest BCUT2D eigenvalue weighted by Gasteiger charge is 2.45. The molecule has 1 spiro atoms. The van der Waals surface area contributed by atoms with Gasteiger partial charge in [-0.25, -0.2) is 9.97 Å². The third-order valence-electron chi connectivity index (χ3n) is 5.63. The van der Waals surface area contributed by atoms with Gasteiger partial charge < -0.3 is 14.8 Å². The molecule has 0 bridgehead atoms. The molecule has 1 saturated heterocycles. The first-order valence-corrected chi connectivity index (χ1v) is 9.11. The zero-order valence-corrected chi connectivity index (χ0v) is 14.8. The molecule has 132 valence electrons. The number of nitrogens with zero attached hydrogens (tertiary/aromatic N) is 3. The van der Waals surface area contributed by atoms with Crippen molar-refractivity contribution in [2.24, 2.45) is 5.92 Å². The Bertz CT molecular complexity index is 605. The van der Waals surface area contributed by atoms with E-state index in [-0.39, 0.29) is 5.41 Å². The summed E-state index contributed by atoms with van der Waals surface area (Å²) in [6, 6.07) is 0. The molecule has 4 rings (SSSR count). The average Bonchev–Trinajstić information content (AvgIpc) is 3.33. The van der Waals surface area contributed by atoms with Crippen molar-refractivity contribution in [1.82, 2.24) is 14.9 Å². The number of anilines is 1. The van der Waals surface area contributed by atoms with Crippen molar-refractivity contribution in [1.29, 1.82) is 0 Å². The highest BCUT2D eigenvalue weighted by atomic mass is 16.5. The highest BCUT2D eigenvalue weighted by Crippen LogP contribution is 2.40. The Morgan fingerprint density at radius 3 is 3.04 bits per heavy atom. The lowest BCUT2D eigenvalue weighted by Gasteiger charge is -2.35. The molecule has 3 heterocycles. The van der Waals surface area contributed by atoms with Crippen molar-refractivity contribution in [3.05, 3.63) is 17.0 Å².